The minimum atomic E-state index is -4.26. The van der Waals surface area contributed by atoms with Gasteiger partial charge in [0.2, 0.25) is 0 Å². The summed E-state index contributed by atoms with van der Waals surface area (Å²) in [4.78, 5) is 1.95. The summed E-state index contributed by atoms with van der Waals surface area (Å²) in [6.07, 6.45) is -4.26. The number of nitrogens with one attached hydrogen (secondary N) is 1. The topological polar surface area (TPSA) is 24.5 Å². The van der Waals surface area contributed by atoms with E-state index in [0.717, 1.165) is 11.4 Å². The van der Waals surface area contributed by atoms with Gasteiger partial charge in [-0.1, -0.05) is 6.07 Å². The predicted octanol–water partition coefficient (Wildman–Crippen LogP) is 2.74. The molecule has 0 saturated heterocycles. The molecule has 0 fully saturated rings. The Morgan fingerprint density at radius 3 is 2.61 bits per heavy atom. The van der Waals surface area contributed by atoms with Gasteiger partial charge in [-0.05, 0) is 18.2 Å². The molecule has 102 valence electrons. The average Bonchev–Trinajstić information content (AvgIpc) is 2.27. The number of alkyl halides is 3. The summed E-state index contributed by atoms with van der Waals surface area (Å²) in [7, 11) is 3.84. The molecule has 0 radical (unpaired) electrons. The molecule has 18 heavy (non-hydrogen) atoms. The number of rotatable bonds is 6. The summed E-state index contributed by atoms with van der Waals surface area (Å²) >= 11 is 0. The first kappa shape index (κ1) is 14.6. The van der Waals surface area contributed by atoms with Crippen LogP contribution >= 0.6 is 0 Å². The van der Waals surface area contributed by atoms with Crippen LogP contribution in [0.15, 0.2) is 24.3 Å². The quantitative estimate of drug-likeness (QED) is 0.798. The van der Waals surface area contributed by atoms with Crippen molar-refractivity contribution in [3.8, 4) is 0 Å². The minimum Gasteiger partial charge on any atom is -0.383 e. The van der Waals surface area contributed by atoms with E-state index in [2.05, 4.69) is 10.1 Å². The van der Waals surface area contributed by atoms with Crippen molar-refractivity contribution in [2.45, 2.75) is 6.18 Å². The second kappa shape index (κ2) is 6.49. The molecular weight excluding hydrogens is 245 g/mol. The van der Waals surface area contributed by atoms with Crippen molar-refractivity contribution < 1.29 is 17.9 Å². The van der Waals surface area contributed by atoms with Crippen molar-refractivity contribution >= 4 is 11.4 Å². The van der Waals surface area contributed by atoms with Gasteiger partial charge in [0.25, 0.3) is 0 Å². The number of nitrogens with zero attached hydrogens (tertiary/aromatic N) is 1. The first-order valence-corrected chi connectivity index (χ1v) is 5.54. The van der Waals surface area contributed by atoms with Crippen LogP contribution in [0.2, 0.25) is 0 Å². The van der Waals surface area contributed by atoms with Gasteiger partial charge in [-0.25, -0.2) is 0 Å². The van der Waals surface area contributed by atoms with Gasteiger partial charge < -0.3 is 15.0 Å². The zero-order chi connectivity index (χ0) is 13.6. The van der Waals surface area contributed by atoms with E-state index in [9.17, 15) is 13.2 Å². The maximum Gasteiger partial charge on any atom is 0.411 e. The fourth-order valence-corrected chi connectivity index (χ4v) is 1.35. The van der Waals surface area contributed by atoms with Crippen LogP contribution in [0.3, 0.4) is 0 Å². The number of halogens is 3. The van der Waals surface area contributed by atoms with Crippen LogP contribution in [0, 0.1) is 0 Å². The molecule has 0 aliphatic carbocycles. The molecule has 0 spiro atoms. The van der Waals surface area contributed by atoms with Crippen LogP contribution in [0.1, 0.15) is 0 Å². The molecule has 1 aromatic carbocycles. The summed E-state index contributed by atoms with van der Waals surface area (Å²) in [6.45, 7) is -0.842. The van der Waals surface area contributed by atoms with E-state index in [-0.39, 0.29) is 6.61 Å². The SMILES string of the molecule is CN(C)c1cccc(NCCOCC(F)(F)F)c1. The first-order chi connectivity index (χ1) is 8.38. The van der Waals surface area contributed by atoms with E-state index in [1.807, 2.05) is 43.3 Å². The highest BCUT2D eigenvalue weighted by Crippen LogP contribution is 2.17. The third-order valence-electron chi connectivity index (χ3n) is 2.20. The molecule has 0 saturated carbocycles. The molecule has 0 unspecified atom stereocenters. The van der Waals surface area contributed by atoms with Crippen molar-refractivity contribution in [2.24, 2.45) is 0 Å². The Morgan fingerprint density at radius 1 is 1.28 bits per heavy atom. The van der Waals surface area contributed by atoms with Gasteiger partial charge in [0.1, 0.15) is 6.61 Å². The molecule has 0 aliphatic rings. The fourth-order valence-electron chi connectivity index (χ4n) is 1.35. The molecule has 1 N–H and O–H groups in total. The van der Waals surface area contributed by atoms with E-state index in [4.69, 9.17) is 0 Å². The van der Waals surface area contributed by atoms with Gasteiger partial charge in [-0.15, -0.1) is 0 Å². The lowest BCUT2D eigenvalue weighted by Crippen LogP contribution is -2.20. The minimum absolute atomic E-state index is 0.0195. The van der Waals surface area contributed by atoms with E-state index in [0.29, 0.717) is 6.54 Å². The van der Waals surface area contributed by atoms with Crippen LogP contribution in [-0.2, 0) is 4.74 Å². The number of hydrogen-bond donors (Lipinski definition) is 1. The Balaban J connectivity index is 2.29. The molecule has 1 rings (SSSR count). The fraction of sp³-hybridized carbons (Fsp3) is 0.500. The molecule has 1 aromatic rings. The van der Waals surface area contributed by atoms with Crippen LogP contribution in [0.5, 0.6) is 0 Å². The van der Waals surface area contributed by atoms with Gasteiger partial charge in [0.05, 0.1) is 6.61 Å². The monoisotopic (exact) mass is 262 g/mol. The average molecular weight is 262 g/mol. The Labute approximate surface area is 105 Å². The first-order valence-electron chi connectivity index (χ1n) is 5.54. The summed E-state index contributed by atoms with van der Waals surface area (Å²) in [6, 6.07) is 7.61. The van der Waals surface area contributed by atoms with Gasteiger partial charge in [-0.3, -0.25) is 0 Å². The molecule has 0 heterocycles. The third kappa shape index (κ3) is 5.77. The van der Waals surface area contributed by atoms with E-state index in [1.165, 1.54) is 0 Å². The number of ether oxygens (including phenoxy) is 1. The van der Waals surface area contributed by atoms with Crippen molar-refractivity contribution in [3.05, 3.63) is 24.3 Å². The second-order valence-electron chi connectivity index (χ2n) is 4.04. The lowest BCUT2D eigenvalue weighted by Gasteiger charge is -2.14. The molecule has 0 aliphatic heterocycles. The highest BCUT2D eigenvalue weighted by Gasteiger charge is 2.27. The highest BCUT2D eigenvalue weighted by molar-refractivity contribution is 5.57. The van der Waals surface area contributed by atoms with Gasteiger partial charge in [0.15, 0.2) is 0 Å². The summed E-state index contributed by atoms with van der Waals surface area (Å²) in [5, 5.41) is 3.01. The summed E-state index contributed by atoms with van der Waals surface area (Å²) < 4.78 is 39.9. The van der Waals surface area contributed by atoms with Gasteiger partial charge in [0, 0.05) is 32.0 Å². The highest BCUT2D eigenvalue weighted by atomic mass is 19.4. The molecular formula is C12H17F3N2O. The largest absolute Gasteiger partial charge is 0.411 e. The van der Waals surface area contributed by atoms with Crippen molar-refractivity contribution in [2.75, 3.05) is 44.1 Å². The number of benzene rings is 1. The molecule has 3 nitrogen and oxygen atoms in total. The standard InChI is InChI=1S/C12H17F3N2O/c1-17(2)11-5-3-4-10(8-11)16-6-7-18-9-12(13,14)15/h3-5,8,16H,6-7,9H2,1-2H3. The summed E-state index contributed by atoms with van der Waals surface area (Å²) in [5.74, 6) is 0. The number of hydrogen-bond acceptors (Lipinski definition) is 3. The van der Waals surface area contributed by atoms with E-state index < -0.39 is 12.8 Å². The Hall–Kier alpha value is -1.43. The maximum absolute atomic E-state index is 11.8. The van der Waals surface area contributed by atoms with Crippen molar-refractivity contribution in [1.29, 1.82) is 0 Å². The molecule has 0 bridgehead atoms. The Bertz CT molecular complexity index is 367. The lowest BCUT2D eigenvalue weighted by molar-refractivity contribution is -0.172. The third-order valence-corrected chi connectivity index (χ3v) is 2.20. The predicted molar refractivity (Wildman–Crippen MR) is 66.1 cm³/mol. The zero-order valence-corrected chi connectivity index (χ0v) is 10.4. The van der Waals surface area contributed by atoms with Crippen LogP contribution < -0.4 is 10.2 Å². The normalized spacial score (nSPS) is 11.4. The van der Waals surface area contributed by atoms with E-state index in [1.54, 1.807) is 0 Å². The zero-order valence-electron chi connectivity index (χ0n) is 10.4. The maximum atomic E-state index is 11.8. The van der Waals surface area contributed by atoms with Gasteiger partial charge >= 0.3 is 6.18 Å². The smallest absolute Gasteiger partial charge is 0.383 e. The molecule has 0 aromatic heterocycles. The number of anilines is 2. The van der Waals surface area contributed by atoms with Crippen LogP contribution in [0.25, 0.3) is 0 Å². The second-order valence-corrected chi connectivity index (χ2v) is 4.04. The van der Waals surface area contributed by atoms with Crippen LogP contribution in [0.4, 0.5) is 24.5 Å². The molecule has 0 amide bonds. The van der Waals surface area contributed by atoms with E-state index >= 15 is 0 Å². The van der Waals surface area contributed by atoms with Gasteiger partial charge in [-0.2, -0.15) is 13.2 Å². The molecule has 6 heteroatoms. The lowest BCUT2D eigenvalue weighted by atomic mass is 10.2. The van der Waals surface area contributed by atoms with Crippen molar-refractivity contribution in [3.63, 3.8) is 0 Å². The Kier molecular flexibility index (Phi) is 5.27. The molecule has 0 atom stereocenters. The van der Waals surface area contributed by atoms with Crippen LogP contribution in [-0.4, -0.2) is 40.0 Å². The summed E-state index contributed by atoms with van der Waals surface area (Å²) in [5.41, 5.74) is 1.88. The van der Waals surface area contributed by atoms with Crippen molar-refractivity contribution in [1.82, 2.24) is 0 Å². The Morgan fingerprint density at radius 2 is 2.00 bits per heavy atom.